The summed E-state index contributed by atoms with van der Waals surface area (Å²) in [6.45, 7) is 9.38. The summed E-state index contributed by atoms with van der Waals surface area (Å²) in [7, 11) is 0. The highest BCUT2D eigenvalue weighted by molar-refractivity contribution is 5.31. The topological polar surface area (TPSA) is 38.5 Å². The van der Waals surface area contributed by atoms with Gasteiger partial charge in [-0.05, 0) is 69.9 Å². The van der Waals surface area contributed by atoms with Crippen molar-refractivity contribution < 1.29 is 4.74 Å². The lowest BCUT2D eigenvalue weighted by atomic mass is 9.84. The minimum atomic E-state index is 0.212. The zero-order valence-corrected chi connectivity index (χ0v) is 13.0. The molecular formula is C17H28N2O. The van der Waals surface area contributed by atoms with Crippen LogP contribution in [0.3, 0.4) is 0 Å². The summed E-state index contributed by atoms with van der Waals surface area (Å²) in [5.41, 5.74) is 7.36. The predicted molar refractivity (Wildman–Crippen MR) is 84.0 cm³/mol. The van der Waals surface area contributed by atoms with Crippen LogP contribution in [0.5, 0.6) is 5.75 Å². The second-order valence-electron chi connectivity index (χ2n) is 5.95. The Morgan fingerprint density at radius 3 is 2.85 bits per heavy atom. The number of hydrogen-bond acceptors (Lipinski definition) is 3. The first-order chi connectivity index (χ1) is 9.65. The molecule has 2 unspecified atom stereocenters. The first kappa shape index (κ1) is 15.3. The van der Waals surface area contributed by atoms with Gasteiger partial charge in [0, 0.05) is 6.04 Å². The summed E-state index contributed by atoms with van der Waals surface area (Å²) >= 11 is 0. The van der Waals surface area contributed by atoms with E-state index in [-0.39, 0.29) is 6.10 Å². The van der Waals surface area contributed by atoms with Crippen LogP contribution in [-0.2, 0) is 0 Å². The van der Waals surface area contributed by atoms with Gasteiger partial charge in [0.25, 0.3) is 0 Å². The highest BCUT2D eigenvalue weighted by Crippen LogP contribution is 2.36. The molecule has 0 amide bonds. The molecule has 1 aromatic rings. The van der Waals surface area contributed by atoms with Crippen LogP contribution in [0.25, 0.3) is 0 Å². The maximum absolute atomic E-state index is 6.01. The average Bonchev–Trinajstić information content (AvgIpc) is 2.45. The van der Waals surface area contributed by atoms with E-state index in [1.807, 2.05) is 6.07 Å². The average molecular weight is 276 g/mol. The van der Waals surface area contributed by atoms with Crippen LogP contribution < -0.4 is 10.5 Å². The zero-order chi connectivity index (χ0) is 14.5. The Labute approximate surface area is 123 Å². The molecule has 20 heavy (non-hydrogen) atoms. The van der Waals surface area contributed by atoms with E-state index in [1.165, 1.54) is 24.9 Å². The molecule has 0 aliphatic carbocycles. The summed E-state index contributed by atoms with van der Waals surface area (Å²) in [5, 5.41) is 0. The van der Waals surface area contributed by atoms with Gasteiger partial charge in [-0.1, -0.05) is 19.1 Å². The van der Waals surface area contributed by atoms with Gasteiger partial charge in [-0.15, -0.1) is 0 Å². The van der Waals surface area contributed by atoms with Crippen molar-refractivity contribution in [1.29, 1.82) is 0 Å². The fourth-order valence-corrected chi connectivity index (χ4v) is 3.28. The van der Waals surface area contributed by atoms with Crippen molar-refractivity contribution in [2.75, 3.05) is 19.6 Å². The maximum Gasteiger partial charge on any atom is 0.120 e. The van der Waals surface area contributed by atoms with Gasteiger partial charge in [0.15, 0.2) is 0 Å². The van der Waals surface area contributed by atoms with E-state index >= 15 is 0 Å². The fourth-order valence-electron chi connectivity index (χ4n) is 3.28. The van der Waals surface area contributed by atoms with E-state index in [2.05, 4.69) is 43.9 Å². The van der Waals surface area contributed by atoms with Gasteiger partial charge in [0.05, 0.1) is 6.10 Å². The Morgan fingerprint density at radius 2 is 2.20 bits per heavy atom. The molecule has 1 aliphatic rings. The number of hydrogen-bond donors (Lipinski definition) is 1. The van der Waals surface area contributed by atoms with E-state index in [0.717, 1.165) is 18.8 Å². The van der Waals surface area contributed by atoms with Gasteiger partial charge in [-0.2, -0.15) is 0 Å². The molecule has 2 N–H and O–H groups in total. The van der Waals surface area contributed by atoms with Gasteiger partial charge in [0.1, 0.15) is 5.75 Å². The molecular weight excluding hydrogens is 248 g/mol. The molecule has 0 spiro atoms. The minimum Gasteiger partial charge on any atom is -0.491 e. The number of nitrogens with two attached hydrogens (primary N) is 1. The second-order valence-corrected chi connectivity index (χ2v) is 5.95. The van der Waals surface area contributed by atoms with Gasteiger partial charge in [0.2, 0.25) is 0 Å². The number of ether oxygens (including phenoxy) is 1. The number of piperidine rings is 1. The van der Waals surface area contributed by atoms with Crippen LogP contribution in [0.4, 0.5) is 0 Å². The van der Waals surface area contributed by atoms with E-state index in [1.54, 1.807) is 0 Å². The van der Waals surface area contributed by atoms with Crippen LogP contribution in [0.2, 0.25) is 0 Å². The molecule has 1 aliphatic heterocycles. The maximum atomic E-state index is 6.01. The smallest absolute Gasteiger partial charge is 0.120 e. The number of rotatable bonds is 5. The molecule has 0 aromatic heterocycles. The Bertz CT molecular complexity index is 407. The summed E-state index contributed by atoms with van der Waals surface area (Å²) < 4.78 is 5.83. The van der Waals surface area contributed by atoms with E-state index in [4.69, 9.17) is 10.5 Å². The van der Waals surface area contributed by atoms with Gasteiger partial charge >= 0.3 is 0 Å². The standard InChI is InChI=1S/C17H28N2O/c1-4-19-10-6-8-15(12-18)17(19)14-7-5-9-16(11-14)20-13(2)3/h5,7,9,11,13,15,17H,4,6,8,10,12,18H2,1-3H3. The van der Waals surface area contributed by atoms with Crippen molar-refractivity contribution in [3.63, 3.8) is 0 Å². The molecule has 0 saturated carbocycles. The third-order valence-electron chi connectivity index (χ3n) is 4.14. The molecule has 2 rings (SSSR count). The highest BCUT2D eigenvalue weighted by Gasteiger charge is 2.30. The summed E-state index contributed by atoms with van der Waals surface area (Å²) in [6.07, 6.45) is 2.70. The number of benzene rings is 1. The third kappa shape index (κ3) is 3.53. The van der Waals surface area contributed by atoms with Crippen LogP contribution in [0.15, 0.2) is 24.3 Å². The summed E-state index contributed by atoms with van der Waals surface area (Å²) in [4.78, 5) is 2.55. The Balaban J connectivity index is 2.25. The van der Waals surface area contributed by atoms with E-state index in [0.29, 0.717) is 12.0 Å². The lowest BCUT2D eigenvalue weighted by Crippen LogP contribution is -2.41. The first-order valence-corrected chi connectivity index (χ1v) is 7.86. The predicted octanol–water partition coefficient (Wildman–Crippen LogP) is 3.21. The SMILES string of the molecule is CCN1CCCC(CN)C1c1cccc(OC(C)C)c1. The Hall–Kier alpha value is -1.06. The van der Waals surface area contributed by atoms with Crippen LogP contribution in [0.1, 0.15) is 45.2 Å². The monoisotopic (exact) mass is 276 g/mol. The van der Waals surface area contributed by atoms with E-state index in [9.17, 15) is 0 Å². The first-order valence-electron chi connectivity index (χ1n) is 7.86. The molecule has 3 nitrogen and oxygen atoms in total. The lowest BCUT2D eigenvalue weighted by molar-refractivity contribution is 0.102. The fraction of sp³-hybridized carbons (Fsp3) is 0.647. The lowest BCUT2D eigenvalue weighted by Gasteiger charge is -2.41. The van der Waals surface area contributed by atoms with Gasteiger partial charge in [-0.3, -0.25) is 4.90 Å². The van der Waals surface area contributed by atoms with Crippen molar-refractivity contribution in [2.24, 2.45) is 11.7 Å². The molecule has 0 radical (unpaired) electrons. The van der Waals surface area contributed by atoms with Crippen molar-refractivity contribution in [2.45, 2.75) is 45.8 Å². The van der Waals surface area contributed by atoms with Gasteiger partial charge in [-0.25, -0.2) is 0 Å². The highest BCUT2D eigenvalue weighted by atomic mass is 16.5. The third-order valence-corrected chi connectivity index (χ3v) is 4.14. The molecule has 1 aromatic carbocycles. The molecule has 3 heteroatoms. The minimum absolute atomic E-state index is 0.212. The molecule has 0 bridgehead atoms. The normalized spacial score (nSPS) is 24.1. The van der Waals surface area contributed by atoms with Crippen LogP contribution >= 0.6 is 0 Å². The second kappa shape index (κ2) is 7.09. The van der Waals surface area contributed by atoms with Crippen molar-refractivity contribution in [3.8, 4) is 5.75 Å². The molecule has 1 fully saturated rings. The largest absolute Gasteiger partial charge is 0.491 e. The zero-order valence-electron chi connectivity index (χ0n) is 13.0. The van der Waals surface area contributed by atoms with Crippen molar-refractivity contribution >= 4 is 0 Å². The molecule has 2 atom stereocenters. The van der Waals surface area contributed by atoms with Crippen molar-refractivity contribution in [3.05, 3.63) is 29.8 Å². The van der Waals surface area contributed by atoms with Crippen LogP contribution in [-0.4, -0.2) is 30.6 Å². The quantitative estimate of drug-likeness (QED) is 0.897. The Kier molecular flexibility index (Phi) is 5.44. The number of nitrogens with zero attached hydrogens (tertiary/aromatic N) is 1. The molecule has 1 heterocycles. The van der Waals surface area contributed by atoms with Gasteiger partial charge < -0.3 is 10.5 Å². The summed E-state index contributed by atoms with van der Waals surface area (Å²) in [6, 6.07) is 8.99. The molecule has 1 saturated heterocycles. The van der Waals surface area contributed by atoms with Crippen LogP contribution in [0, 0.1) is 5.92 Å². The van der Waals surface area contributed by atoms with Crippen molar-refractivity contribution in [1.82, 2.24) is 4.90 Å². The Morgan fingerprint density at radius 1 is 1.40 bits per heavy atom. The number of likely N-dealkylation sites (tertiary alicyclic amines) is 1. The summed E-state index contributed by atoms with van der Waals surface area (Å²) in [5.74, 6) is 1.52. The van der Waals surface area contributed by atoms with E-state index < -0.39 is 0 Å². The molecule has 112 valence electrons.